The van der Waals surface area contributed by atoms with Crippen LogP contribution in [0.5, 0.6) is 11.5 Å². The molecule has 1 amide bonds. The Balaban J connectivity index is 2.30. The molecule has 0 radical (unpaired) electrons. The number of nitrogens with one attached hydrogen (secondary N) is 1. The summed E-state index contributed by atoms with van der Waals surface area (Å²) in [5, 5.41) is 3.41. The van der Waals surface area contributed by atoms with Crippen LogP contribution >= 0.6 is 11.8 Å². The minimum Gasteiger partial charge on any atom is -0.431 e. The zero-order valence-corrected chi connectivity index (χ0v) is 11.0. The third-order valence-corrected chi connectivity index (χ3v) is 3.10. The molecule has 2 rings (SSSR count). The highest BCUT2D eigenvalue weighted by Crippen LogP contribution is 2.32. The fourth-order valence-electron chi connectivity index (χ4n) is 1.53. The zero-order valence-electron chi connectivity index (χ0n) is 10.2. The van der Waals surface area contributed by atoms with Gasteiger partial charge in [0.25, 0.3) is 5.24 Å². The number of amides is 1. The largest absolute Gasteiger partial charge is 0.431 e. The molecule has 0 saturated carbocycles. The predicted molar refractivity (Wildman–Crippen MR) is 67.2 cm³/mol. The van der Waals surface area contributed by atoms with Crippen molar-refractivity contribution in [3.05, 3.63) is 23.8 Å². The van der Waals surface area contributed by atoms with Gasteiger partial charge in [0, 0.05) is 11.3 Å². The molecule has 114 valence electrons. The van der Waals surface area contributed by atoms with Gasteiger partial charge in [-0.15, -0.1) is 0 Å². The highest BCUT2D eigenvalue weighted by Gasteiger charge is 2.19. The molecular formula is C11H8F4N2O3S. The van der Waals surface area contributed by atoms with Gasteiger partial charge in [0.1, 0.15) is 0 Å². The maximum atomic E-state index is 12.3. The van der Waals surface area contributed by atoms with Gasteiger partial charge in [-0.25, -0.2) is 5.43 Å². The highest BCUT2D eigenvalue weighted by molar-refractivity contribution is 8.14. The summed E-state index contributed by atoms with van der Waals surface area (Å²) >= 11 is 0.935. The molecule has 21 heavy (non-hydrogen) atoms. The Kier molecular flexibility index (Phi) is 4.89. The molecule has 1 aromatic rings. The fraction of sp³-hybridized carbons (Fsp3) is 0.273. The van der Waals surface area contributed by atoms with Crippen LogP contribution in [0, 0.1) is 0 Å². The second-order valence-corrected chi connectivity index (χ2v) is 4.61. The Labute approximate surface area is 120 Å². The summed E-state index contributed by atoms with van der Waals surface area (Å²) in [5.41, 5.74) is 2.95. The SMILES string of the molecule is O=C1NN=C(c2ccc(OC(F)F)c(OC(F)F)c2)CS1. The first-order valence-corrected chi connectivity index (χ1v) is 6.47. The van der Waals surface area contributed by atoms with Crippen molar-refractivity contribution in [1.82, 2.24) is 5.43 Å². The fourth-order valence-corrected chi connectivity index (χ4v) is 2.14. The van der Waals surface area contributed by atoms with Gasteiger partial charge in [0.15, 0.2) is 11.5 Å². The van der Waals surface area contributed by atoms with Gasteiger partial charge in [0.2, 0.25) is 0 Å². The molecular weight excluding hydrogens is 316 g/mol. The summed E-state index contributed by atoms with van der Waals surface area (Å²) in [5.74, 6) is -0.829. The summed E-state index contributed by atoms with van der Waals surface area (Å²) in [6, 6.07) is 3.52. The van der Waals surface area contributed by atoms with Crippen LogP contribution in [-0.4, -0.2) is 29.9 Å². The van der Waals surface area contributed by atoms with Crippen molar-refractivity contribution < 1.29 is 31.8 Å². The minimum absolute atomic E-state index is 0.217. The molecule has 1 aliphatic rings. The Bertz CT molecular complexity index is 568. The first-order chi connectivity index (χ1) is 9.95. The molecule has 1 aliphatic heterocycles. The molecule has 1 heterocycles. The van der Waals surface area contributed by atoms with Crippen molar-refractivity contribution in [2.24, 2.45) is 5.10 Å². The van der Waals surface area contributed by atoms with E-state index < -0.39 is 24.7 Å². The number of ether oxygens (including phenoxy) is 2. The lowest BCUT2D eigenvalue weighted by Crippen LogP contribution is -2.23. The van der Waals surface area contributed by atoms with Gasteiger partial charge in [0.05, 0.1) is 5.71 Å². The summed E-state index contributed by atoms with van der Waals surface area (Å²) in [6.45, 7) is -6.36. The lowest BCUT2D eigenvalue weighted by atomic mass is 10.1. The molecule has 0 fully saturated rings. The van der Waals surface area contributed by atoms with Crippen molar-refractivity contribution in [2.45, 2.75) is 13.2 Å². The highest BCUT2D eigenvalue weighted by atomic mass is 32.2. The van der Waals surface area contributed by atoms with Crippen LogP contribution in [0.25, 0.3) is 0 Å². The quantitative estimate of drug-likeness (QED) is 0.846. The number of halogens is 4. The average Bonchev–Trinajstić information content (AvgIpc) is 2.40. The van der Waals surface area contributed by atoms with Crippen molar-refractivity contribution in [3.63, 3.8) is 0 Å². The molecule has 0 aromatic heterocycles. The van der Waals surface area contributed by atoms with Crippen LogP contribution in [0.2, 0.25) is 0 Å². The van der Waals surface area contributed by atoms with E-state index in [0.717, 1.165) is 23.9 Å². The molecule has 0 atom stereocenters. The molecule has 1 N–H and O–H groups in total. The molecule has 5 nitrogen and oxygen atoms in total. The van der Waals surface area contributed by atoms with Crippen LogP contribution in [-0.2, 0) is 0 Å². The Hall–Kier alpha value is -1.97. The summed E-state index contributed by atoms with van der Waals surface area (Å²) < 4.78 is 57.3. The maximum Gasteiger partial charge on any atom is 0.387 e. The first-order valence-electron chi connectivity index (χ1n) is 5.49. The number of hydrazone groups is 1. The van der Waals surface area contributed by atoms with E-state index in [2.05, 4.69) is 20.0 Å². The molecule has 0 bridgehead atoms. The zero-order chi connectivity index (χ0) is 15.4. The molecule has 0 unspecified atom stereocenters. The van der Waals surface area contributed by atoms with E-state index in [-0.39, 0.29) is 11.0 Å². The van der Waals surface area contributed by atoms with Crippen molar-refractivity contribution >= 4 is 22.7 Å². The maximum absolute atomic E-state index is 12.3. The summed E-state index contributed by atoms with van der Waals surface area (Å²) in [7, 11) is 0. The first kappa shape index (κ1) is 15.4. The second kappa shape index (κ2) is 6.66. The Morgan fingerprint density at radius 3 is 2.38 bits per heavy atom. The van der Waals surface area contributed by atoms with Gasteiger partial charge < -0.3 is 9.47 Å². The minimum atomic E-state index is -3.19. The average molecular weight is 324 g/mol. The van der Waals surface area contributed by atoms with Crippen LogP contribution in [0.3, 0.4) is 0 Å². The third-order valence-electron chi connectivity index (χ3n) is 2.33. The normalized spacial score (nSPS) is 15.0. The molecule has 0 aliphatic carbocycles. The number of hydrogen-bond donors (Lipinski definition) is 1. The van der Waals surface area contributed by atoms with E-state index in [1.165, 1.54) is 6.07 Å². The molecule has 1 aromatic carbocycles. The van der Waals surface area contributed by atoms with Gasteiger partial charge in [-0.05, 0) is 18.2 Å². The van der Waals surface area contributed by atoms with E-state index in [1.807, 2.05) is 0 Å². The lowest BCUT2D eigenvalue weighted by molar-refractivity contribution is -0.0692. The number of thioether (sulfide) groups is 1. The van der Waals surface area contributed by atoms with Crippen LogP contribution in [0.4, 0.5) is 22.4 Å². The van der Waals surface area contributed by atoms with Crippen LogP contribution in [0.15, 0.2) is 23.3 Å². The van der Waals surface area contributed by atoms with Gasteiger partial charge >= 0.3 is 13.2 Å². The van der Waals surface area contributed by atoms with Crippen LogP contribution < -0.4 is 14.9 Å². The van der Waals surface area contributed by atoms with E-state index in [0.29, 0.717) is 11.3 Å². The smallest absolute Gasteiger partial charge is 0.387 e. The monoisotopic (exact) mass is 324 g/mol. The van der Waals surface area contributed by atoms with Crippen molar-refractivity contribution in [3.8, 4) is 11.5 Å². The number of carbonyl (C=O) groups is 1. The standard InChI is InChI=1S/C11H8F4N2O3S/c12-9(13)19-7-2-1-5(3-8(7)20-10(14)15)6-4-21-11(18)17-16-6/h1-3,9-10H,4H2,(H,17,18). The second-order valence-electron chi connectivity index (χ2n) is 3.66. The van der Waals surface area contributed by atoms with E-state index in [1.54, 1.807) is 0 Å². The number of nitrogens with zero attached hydrogens (tertiary/aromatic N) is 1. The topological polar surface area (TPSA) is 59.9 Å². The van der Waals surface area contributed by atoms with Gasteiger partial charge in [-0.2, -0.15) is 22.7 Å². The third kappa shape index (κ3) is 4.25. The number of benzene rings is 1. The Morgan fingerprint density at radius 1 is 1.14 bits per heavy atom. The predicted octanol–water partition coefficient (Wildman–Crippen LogP) is 3.05. The van der Waals surface area contributed by atoms with Crippen molar-refractivity contribution in [1.29, 1.82) is 0 Å². The molecule has 0 saturated heterocycles. The number of rotatable bonds is 5. The number of carbonyl (C=O) groups excluding carboxylic acids is 1. The molecule has 10 heteroatoms. The van der Waals surface area contributed by atoms with Gasteiger partial charge in [-0.3, -0.25) is 4.79 Å². The molecule has 0 spiro atoms. The van der Waals surface area contributed by atoms with E-state index in [4.69, 9.17) is 0 Å². The number of alkyl halides is 4. The Morgan fingerprint density at radius 2 is 1.81 bits per heavy atom. The van der Waals surface area contributed by atoms with Crippen LogP contribution in [0.1, 0.15) is 5.56 Å². The summed E-state index contributed by atoms with van der Waals surface area (Å²) in [6.07, 6.45) is 0. The lowest BCUT2D eigenvalue weighted by Gasteiger charge is -2.15. The van der Waals surface area contributed by atoms with E-state index >= 15 is 0 Å². The van der Waals surface area contributed by atoms with Crippen molar-refractivity contribution in [2.75, 3.05) is 5.75 Å². The van der Waals surface area contributed by atoms with Gasteiger partial charge in [-0.1, -0.05) is 11.8 Å². The van der Waals surface area contributed by atoms with E-state index in [9.17, 15) is 22.4 Å². The number of hydrogen-bond acceptors (Lipinski definition) is 5. The summed E-state index contributed by atoms with van der Waals surface area (Å²) in [4.78, 5) is 10.9.